The second-order valence-corrected chi connectivity index (χ2v) is 6.21. The molecule has 0 atom stereocenters. The predicted octanol–water partition coefficient (Wildman–Crippen LogP) is 1.87. The molecule has 0 radical (unpaired) electrons. The third-order valence-electron chi connectivity index (χ3n) is 3.82. The zero-order chi connectivity index (χ0) is 14.4. The topological polar surface area (TPSA) is 36.4 Å². The van der Waals surface area contributed by atoms with Gasteiger partial charge in [0.15, 0.2) is 0 Å². The van der Waals surface area contributed by atoms with Crippen molar-refractivity contribution in [3.05, 3.63) is 30.1 Å². The molecule has 0 spiro atoms. The van der Waals surface area contributed by atoms with Crippen molar-refractivity contribution in [3.8, 4) is 0 Å². The maximum Gasteiger partial charge on any atom is 0.233 e. The summed E-state index contributed by atoms with van der Waals surface area (Å²) in [5, 5.41) is 0. The maximum absolute atomic E-state index is 12.4. The number of piperidine rings is 1. The Morgan fingerprint density at radius 1 is 1.40 bits per heavy atom. The fourth-order valence-corrected chi connectivity index (χ4v) is 3.03. The van der Waals surface area contributed by atoms with E-state index >= 15 is 0 Å². The van der Waals surface area contributed by atoms with Crippen LogP contribution in [0.3, 0.4) is 0 Å². The number of hydrogen-bond donors (Lipinski definition) is 0. The first-order valence-corrected chi connectivity index (χ1v) is 8.46. The van der Waals surface area contributed by atoms with Gasteiger partial charge in [-0.3, -0.25) is 9.78 Å². The van der Waals surface area contributed by atoms with Crippen molar-refractivity contribution in [3.63, 3.8) is 0 Å². The second kappa shape index (κ2) is 7.64. The minimum absolute atomic E-state index is 0.254. The van der Waals surface area contributed by atoms with Gasteiger partial charge in [0.2, 0.25) is 5.91 Å². The number of nitrogens with zero attached hydrogens (tertiary/aromatic N) is 3. The number of pyridine rings is 1. The monoisotopic (exact) mass is 293 g/mol. The molecule has 1 aliphatic heterocycles. The molecule has 0 N–H and O–H groups in total. The SMILES string of the molecule is CSCC(=O)N(Cc1ccncc1)C1CCN(C)CC1. The molecule has 1 amide bonds. The van der Waals surface area contributed by atoms with Crippen molar-refractivity contribution in [2.75, 3.05) is 32.1 Å². The van der Waals surface area contributed by atoms with Gasteiger partial charge in [0.1, 0.15) is 0 Å². The molecule has 2 heterocycles. The summed E-state index contributed by atoms with van der Waals surface area (Å²) in [6.07, 6.45) is 7.71. The predicted molar refractivity (Wildman–Crippen MR) is 83.7 cm³/mol. The number of carbonyl (C=O) groups excluding carboxylic acids is 1. The zero-order valence-electron chi connectivity index (χ0n) is 12.3. The Bertz CT molecular complexity index is 418. The van der Waals surface area contributed by atoms with Crippen molar-refractivity contribution >= 4 is 17.7 Å². The van der Waals surface area contributed by atoms with Gasteiger partial charge in [-0.1, -0.05) is 0 Å². The van der Waals surface area contributed by atoms with E-state index in [1.165, 1.54) is 0 Å². The number of carbonyl (C=O) groups is 1. The average molecular weight is 293 g/mol. The van der Waals surface area contributed by atoms with E-state index in [9.17, 15) is 4.79 Å². The van der Waals surface area contributed by atoms with E-state index in [4.69, 9.17) is 0 Å². The van der Waals surface area contributed by atoms with E-state index in [0.717, 1.165) is 31.5 Å². The average Bonchev–Trinajstić information content (AvgIpc) is 2.47. The van der Waals surface area contributed by atoms with Crippen molar-refractivity contribution in [2.45, 2.75) is 25.4 Å². The largest absolute Gasteiger partial charge is 0.335 e. The third kappa shape index (κ3) is 4.21. The molecular formula is C15H23N3OS. The van der Waals surface area contributed by atoms with Crippen LogP contribution in [0.25, 0.3) is 0 Å². The van der Waals surface area contributed by atoms with Gasteiger partial charge < -0.3 is 9.80 Å². The summed E-state index contributed by atoms with van der Waals surface area (Å²) in [7, 11) is 2.15. The summed E-state index contributed by atoms with van der Waals surface area (Å²) < 4.78 is 0. The molecule has 0 unspecified atom stereocenters. The van der Waals surface area contributed by atoms with E-state index in [-0.39, 0.29) is 5.91 Å². The molecule has 0 bridgehead atoms. The molecule has 1 fully saturated rings. The quantitative estimate of drug-likeness (QED) is 0.830. The highest BCUT2D eigenvalue weighted by atomic mass is 32.2. The first-order valence-electron chi connectivity index (χ1n) is 7.06. The highest BCUT2D eigenvalue weighted by molar-refractivity contribution is 7.99. The summed E-state index contributed by atoms with van der Waals surface area (Å²) in [6, 6.07) is 4.36. The van der Waals surface area contributed by atoms with Crippen LogP contribution in [0, 0.1) is 0 Å². The normalized spacial score (nSPS) is 17.1. The number of amides is 1. The van der Waals surface area contributed by atoms with Crippen LogP contribution in [0.2, 0.25) is 0 Å². The molecule has 110 valence electrons. The standard InChI is InChI=1S/C15H23N3OS/c1-17-9-5-14(6-10-17)18(15(19)12-20-2)11-13-3-7-16-8-4-13/h3-4,7-8,14H,5-6,9-12H2,1-2H3. The summed E-state index contributed by atoms with van der Waals surface area (Å²) in [6.45, 7) is 2.85. The lowest BCUT2D eigenvalue weighted by molar-refractivity contribution is -0.132. The minimum atomic E-state index is 0.254. The lowest BCUT2D eigenvalue weighted by atomic mass is 10.0. The van der Waals surface area contributed by atoms with Gasteiger partial charge in [0.05, 0.1) is 5.75 Å². The number of rotatable bonds is 5. The van der Waals surface area contributed by atoms with Crippen LogP contribution < -0.4 is 0 Å². The fourth-order valence-electron chi connectivity index (χ4n) is 2.62. The number of thioether (sulfide) groups is 1. The van der Waals surface area contributed by atoms with Crippen LogP contribution in [0.15, 0.2) is 24.5 Å². The Hall–Kier alpha value is -1.07. The lowest BCUT2D eigenvalue weighted by Gasteiger charge is -2.37. The first kappa shape index (κ1) is 15.3. The number of hydrogen-bond acceptors (Lipinski definition) is 4. The Labute approximate surface area is 125 Å². The summed E-state index contributed by atoms with van der Waals surface area (Å²) in [5.41, 5.74) is 1.16. The Balaban J connectivity index is 2.06. The second-order valence-electron chi connectivity index (χ2n) is 5.34. The van der Waals surface area contributed by atoms with Gasteiger partial charge in [-0.05, 0) is 56.9 Å². The molecule has 20 heavy (non-hydrogen) atoms. The lowest BCUT2D eigenvalue weighted by Crippen LogP contribution is -2.46. The van der Waals surface area contributed by atoms with Crippen LogP contribution in [0.4, 0.5) is 0 Å². The van der Waals surface area contributed by atoms with E-state index in [2.05, 4.69) is 21.8 Å². The van der Waals surface area contributed by atoms with Crippen molar-refractivity contribution in [1.29, 1.82) is 0 Å². The summed E-state index contributed by atoms with van der Waals surface area (Å²) >= 11 is 1.60. The number of likely N-dealkylation sites (tertiary alicyclic amines) is 1. The molecule has 5 heteroatoms. The van der Waals surface area contributed by atoms with Crippen LogP contribution in [-0.4, -0.2) is 58.9 Å². The first-order chi connectivity index (χ1) is 9.70. The van der Waals surface area contributed by atoms with Gasteiger partial charge in [0.25, 0.3) is 0 Å². The Kier molecular flexibility index (Phi) is 5.86. The van der Waals surface area contributed by atoms with Gasteiger partial charge >= 0.3 is 0 Å². The number of aromatic nitrogens is 1. The minimum Gasteiger partial charge on any atom is -0.335 e. The molecule has 4 nitrogen and oxygen atoms in total. The van der Waals surface area contributed by atoms with Crippen LogP contribution in [0.5, 0.6) is 0 Å². The highest BCUT2D eigenvalue weighted by Gasteiger charge is 2.26. The summed E-state index contributed by atoms with van der Waals surface area (Å²) in [4.78, 5) is 20.8. The van der Waals surface area contributed by atoms with E-state index < -0.39 is 0 Å². The molecule has 2 rings (SSSR count). The Morgan fingerprint density at radius 2 is 2.05 bits per heavy atom. The van der Waals surface area contributed by atoms with Crippen molar-refractivity contribution in [1.82, 2.24) is 14.8 Å². The summed E-state index contributed by atoms with van der Waals surface area (Å²) in [5.74, 6) is 0.820. The van der Waals surface area contributed by atoms with Crippen LogP contribution >= 0.6 is 11.8 Å². The molecule has 1 aromatic heterocycles. The molecule has 0 aromatic carbocycles. The van der Waals surface area contributed by atoms with Gasteiger partial charge in [0, 0.05) is 25.0 Å². The smallest absolute Gasteiger partial charge is 0.233 e. The van der Waals surface area contributed by atoms with E-state index in [0.29, 0.717) is 18.3 Å². The van der Waals surface area contributed by atoms with E-state index in [1.807, 2.05) is 18.4 Å². The molecule has 1 aliphatic rings. The van der Waals surface area contributed by atoms with Gasteiger partial charge in [-0.15, -0.1) is 0 Å². The fraction of sp³-hybridized carbons (Fsp3) is 0.600. The molecular weight excluding hydrogens is 270 g/mol. The third-order valence-corrected chi connectivity index (χ3v) is 4.35. The van der Waals surface area contributed by atoms with Crippen LogP contribution in [-0.2, 0) is 11.3 Å². The molecule has 1 saturated heterocycles. The van der Waals surface area contributed by atoms with Gasteiger partial charge in [-0.2, -0.15) is 11.8 Å². The zero-order valence-corrected chi connectivity index (χ0v) is 13.1. The molecule has 0 saturated carbocycles. The van der Waals surface area contributed by atoms with E-state index in [1.54, 1.807) is 24.2 Å². The maximum atomic E-state index is 12.4. The molecule has 1 aromatic rings. The van der Waals surface area contributed by atoms with Crippen molar-refractivity contribution < 1.29 is 4.79 Å². The molecule has 0 aliphatic carbocycles. The van der Waals surface area contributed by atoms with Gasteiger partial charge in [-0.25, -0.2) is 0 Å². The van der Waals surface area contributed by atoms with Crippen LogP contribution in [0.1, 0.15) is 18.4 Å². The highest BCUT2D eigenvalue weighted by Crippen LogP contribution is 2.19. The van der Waals surface area contributed by atoms with Crippen molar-refractivity contribution in [2.24, 2.45) is 0 Å². The Morgan fingerprint density at radius 3 is 2.65 bits per heavy atom.